The number of ether oxygens (including phenoxy) is 1. The average molecular weight is 497 g/mol. The molecule has 2 aromatic carbocycles. The number of aromatic hydroxyl groups is 2. The van der Waals surface area contributed by atoms with Crippen LogP contribution in [0.1, 0.15) is 46.5 Å². The zero-order chi connectivity index (χ0) is 23.4. The number of esters is 1. The van der Waals surface area contributed by atoms with Gasteiger partial charge in [-0.05, 0) is 55.8 Å². The van der Waals surface area contributed by atoms with Crippen molar-refractivity contribution in [2.45, 2.75) is 26.4 Å². The van der Waals surface area contributed by atoms with Gasteiger partial charge >= 0.3 is 5.97 Å². The maximum atomic E-state index is 13.1. The normalized spacial score (nSPS) is 14.0. The Bertz CT molecular complexity index is 1180. The van der Waals surface area contributed by atoms with E-state index in [1.54, 1.807) is 12.2 Å². The molecule has 1 aliphatic carbocycles. The summed E-state index contributed by atoms with van der Waals surface area (Å²) in [6.45, 7) is 3.71. The number of benzene rings is 2. The van der Waals surface area contributed by atoms with Gasteiger partial charge in [-0.2, -0.15) is 0 Å². The van der Waals surface area contributed by atoms with Crippen molar-refractivity contribution in [3.8, 4) is 11.5 Å². The lowest BCUT2D eigenvalue weighted by atomic mass is 9.85. The number of rotatable bonds is 6. The minimum Gasteiger partial charge on any atom is -0.507 e. The predicted molar refractivity (Wildman–Crippen MR) is 124 cm³/mol. The van der Waals surface area contributed by atoms with Gasteiger partial charge in [-0.15, -0.1) is 0 Å². The number of Topliss-reactive ketones (excluding diaryl/α,β-unsaturated/α-hetero) is 1. The SMILES string of the molecule is CC(C)=CC[C@@H](OC(=O)/C=C/c1cccc(Br)c1)C1=CC(=O)c2c(O)ccc(O)c2C1=O. The zero-order valence-corrected chi connectivity index (χ0v) is 19.0. The highest BCUT2D eigenvalue weighted by atomic mass is 79.9. The molecule has 0 radical (unpaired) electrons. The standard InChI is InChI=1S/C25H21BrO6/c1-14(2)6-10-21(32-22(30)11-7-15-4-3-5-16(26)12-15)17-13-20(29)23-18(27)8-9-19(28)24(23)25(17)31/h3-9,11-13,21,27-28H,10H2,1-2H3/b11-7+/t21-/m1/s1. The van der Waals surface area contributed by atoms with Crippen molar-refractivity contribution in [3.63, 3.8) is 0 Å². The van der Waals surface area contributed by atoms with Crippen LogP contribution >= 0.6 is 15.9 Å². The fraction of sp³-hybridized carbons (Fsp3) is 0.160. The first-order chi connectivity index (χ1) is 15.2. The highest BCUT2D eigenvalue weighted by Crippen LogP contribution is 2.36. The number of phenols is 2. The van der Waals surface area contributed by atoms with Gasteiger partial charge in [0.1, 0.15) is 17.6 Å². The fourth-order valence-electron chi connectivity index (χ4n) is 3.26. The number of hydrogen-bond acceptors (Lipinski definition) is 6. The Morgan fingerprint density at radius 2 is 1.78 bits per heavy atom. The van der Waals surface area contributed by atoms with E-state index in [1.807, 2.05) is 38.1 Å². The van der Waals surface area contributed by atoms with Crippen LogP contribution in [0.5, 0.6) is 11.5 Å². The van der Waals surface area contributed by atoms with Crippen LogP contribution < -0.4 is 0 Å². The first-order valence-electron chi connectivity index (χ1n) is 9.80. The van der Waals surface area contributed by atoms with Crippen molar-refractivity contribution in [3.05, 3.63) is 86.9 Å². The van der Waals surface area contributed by atoms with Crippen LogP contribution in [-0.4, -0.2) is 33.9 Å². The number of allylic oxidation sites excluding steroid dienone is 2. The highest BCUT2D eigenvalue weighted by molar-refractivity contribution is 9.10. The van der Waals surface area contributed by atoms with Crippen molar-refractivity contribution in [2.75, 3.05) is 0 Å². The van der Waals surface area contributed by atoms with E-state index < -0.39 is 35.1 Å². The number of fused-ring (bicyclic) bond motifs is 1. The Labute approximate surface area is 193 Å². The van der Waals surface area contributed by atoms with E-state index in [0.717, 1.165) is 33.8 Å². The van der Waals surface area contributed by atoms with Gasteiger partial charge in [0, 0.05) is 22.5 Å². The van der Waals surface area contributed by atoms with E-state index in [0.29, 0.717) is 0 Å². The lowest BCUT2D eigenvalue weighted by Gasteiger charge is -2.23. The molecular formula is C25H21BrO6. The number of carbonyl (C=O) groups is 3. The summed E-state index contributed by atoms with van der Waals surface area (Å²) in [7, 11) is 0. The van der Waals surface area contributed by atoms with E-state index in [4.69, 9.17) is 4.74 Å². The molecule has 6 nitrogen and oxygen atoms in total. The van der Waals surface area contributed by atoms with E-state index in [2.05, 4.69) is 15.9 Å². The largest absolute Gasteiger partial charge is 0.507 e. The molecule has 0 unspecified atom stereocenters. The molecule has 0 amide bonds. The van der Waals surface area contributed by atoms with E-state index in [1.165, 1.54) is 6.08 Å². The lowest BCUT2D eigenvalue weighted by molar-refractivity contribution is -0.140. The van der Waals surface area contributed by atoms with Gasteiger partial charge in [0.25, 0.3) is 0 Å². The Hall–Kier alpha value is -3.45. The summed E-state index contributed by atoms with van der Waals surface area (Å²) >= 11 is 3.36. The highest BCUT2D eigenvalue weighted by Gasteiger charge is 2.35. The van der Waals surface area contributed by atoms with Crippen LogP contribution in [0.3, 0.4) is 0 Å². The number of hydrogen-bond donors (Lipinski definition) is 2. The summed E-state index contributed by atoms with van der Waals surface area (Å²) in [4.78, 5) is 38.2. The Morgan fingerprint density at radius 3 is 2.44 bits per heavy atom. The quantitative estimate of drug-likeness (QED) is 0.248. The second kappa shape index (κ2) is 9.78. The van der Waals surface area contributed by atoms with E-state index in [9.17, 15) is 24.6 Å². The predicted octanol–water partition coefficient (Wildman–Crippen LogP) is 5.15. The third kappa shape index (κ3) is 5.23. The Kier molecular flexibility index (Phi) is 7.10. The van der Waals surface area contributed by atoms with Gasteiger partial charge in [0.2, 0.25) is 0 Å². The van der Waals surface area contributed by atoms with Crippen molar-refractivity contribution in [1.82, 2.24) is 0 Å². The summed E-state index contributed by atoms with van der Waals surface area (Å²) in [6.07, 6.45) is 4.77. The molecule has 3 rings (SSSR count). The molecule has 1 atom stereocenters. The van der Waals surface area contributed by atoms with Crippen LogP contribution in [0.2, 0.25) is 0 Å². The molecular weight excluding hydrogens is 476 g/mol. The fourth-order valence-corrected chi connectivity index (χ4v) is 3.67. The minimum absolute atomic E-state index is 0.0647. The maximum Gasteiger partial charge on any atom is 0.331 e. The summed E-state index contributed by atoms with van der Waals surface area (Å²) in [5, 5.41) is 20.1. The Balaban J connectivity index is 1.91. The molecule has 32 heavy (non-hydrogen) atoms. The van der Waals surface area contributed by atoms with E-state index >= 15 is 0 Å². The van der Waals surface area contributed by atoms with Gasteiger partial charge in [-0.1, -0.05) is 39.7 Å². The third-order valence-corrected chi connectivity index (χ3v) is 5.28. The average Bonchev–Trinajstić information content (AvgIpc) is 2.74. The van der Waals surface area contributed by atoms with Gasteiger partial charge in [-0.3, -0.25) is 9.59 Å². The molecule has 0 fully saturated rings. The van der Waals surface area contributed by atoms with Gasteiger partial charge in [0.15, 0.2) is 11.6 Å². The van der Waals surface area contributed by atoms with Crippen LogP contribution in [0.4, 0.5) is 0 Å². The molecule has 1 aliphatic rings. The van der Waals surface area contributed by atoms with Crippen molar-refractivity contribution < 1.29 is 29.3 Å². The molecule has 2 N–H and O–H groups in total. The molecule has 0 heterocycles. The second-order valence-electron chi connectivity index (χ2n) is 7.48. The molecule has 2 aromatic rings. The summed E-state index contributed by atoms with van der Waals surface area (Å²) in [5.41, 5.74) is 1.09. The van der Waals surface area contributed by atoms with Crippen LogP contribution in [0, 0.1) is 0 Å². The third-order valence-electron chi connectivity index (χ3n) is 4.79. The first kappa shape index (κ1) is 23.2. The molecule has 7 heteroatoms. The van der Waals surface area contributed by atoms with Gasteiger partial charge in [-0.25, -0.2) is 4.79 Å². The summed E-state index contributed by atoms with van der Waals surface area (Å²) < 4.78 is 6.38. The first-order valence-corrected chi connectivity index (χ1v) is 10.6. The molecule has 0 saturated carbocycles. The monoisotopic (exact) mass is 496 g/mol. The lowest BCUT2D eigenvalue weighted by Crippen LogP contribution is -2.28. The Morgan fingerprint density at radius 1 is 1.09 bits per heavy atom. The zero-order valence-electron chi connectivity index (χ0n) is 17.5. The molecule has 0 aromatic heterocycles. The number of carbonyl (C=O) groups excluding carboxylic acids is 3. The minimum atomic E-state index is -1.05. The molecule has 0 saturated heterocycles. The smallest absolute Gasteiger partial charge is 0.331 e. The van der Waals surface area contributed by atoms with Crippen LogP contribution in [0.15, 0.2) is 70.2 Å². The maximum absolute atomic E-state index is 13.1. The summed E-state index contributed by atoms with van der Waals surface area (Å²) in [5.74, 6) is -2.84. The van der Waals surface area contributed by atoms with Gasteiger partial charge in [0.05, 0.1) is 11.1 Å². The van der Waals surface area contributed by atoms with Crippen LogP contribution in [0.25, 0.3) is 6.08 Å². The van der Waals surface area contributed by atoms with Crippen molar-refractivity contribution >= 4 is 39.5 Å². The molecule has 164 valence electrons. The van der Waals surface area contributed by atoms with Crippen molar-refractivity contribution in [1.29, 1.82) is 0 Å². The summed E-state index contributed by atoms with van der Waals surface area (Å²) in [6, 6.07) is 9.60. The topological polar surface area (TPSA) is 101 Å². The molecule has 0 spiro atoms. The van der Waals surface area contributed by atoms with Crippen molar-refractivity contribution in [2.24, 2.45) is 0 Å². The molecule has 0 aliphatic heterocycles. The second-order valence-corrected chi connectivity index (χ2v) is 8.39. The van der Waals surface area contributed by atoms with Gasteiger partial charge < -0.3 is 14.9 Å². The number of halogens is 1. The number of ketones is 2. The number of phenolic OH excluding ortho intramolecular Hbond substituents is 2. The molecule has 0 bridgehead atoms. The van der Waals surface area contributed by atoms with E-state index in [-0.39, 0.29) is 23.1 Å². The van der Waals surface area contributed by atoms with Crippen LogP contribution in [-0.2, 0) is 9.53 Å².